The second-order valence-electron chi connectivity index (χ2n) is 5.57. The normalized spacial score (nSPS) is 11.6. The van der Waals surface area contributed by atoms with Crippen molar-refractivity contribution in [2.75, 3.05) is 0 Å². The zero-order valence-corrected chi connectivity index (χ0v) is 14.6. The second kappa shape index (κ2) is 6.73. The molecule has 0 fully saturated rings. The van der Waals surface area contributed by atoms with Crippen molar-refractivity contribution in [1.82, 2.24) is 19.5 Å². The average molecular weight is 360 g/mol. The highest BCUT2D eigenvalue weighted by Crippen LogP contribution is 2.22. The largest absolute Gasteiger partial charge is 0.264 e. The molecule has 0 saturated carbocycles. The first-order valence-electron chi connectivity index (χ1n) is 7.59. The van der Waals surface area contributed by atoms with Crippen molar-refractivity contribution in [2.24, 2.45) is 0 Å². The van der Waals surface area contributed by atoms with E-state index in [9.17, 15) is 12.8 Å². The second-order valence-corrected chi connectivity index (χ2v) is 7.28. The molecule has 0 saturated heterocycles. The Hall–Kier alpha value is -2.58. The first-order valence-corrected chi connectivity index (χ1v) is 9.07. The van der Waals surface area contributed by atoms with Gasteiger partial charge in [0.15, 0.2) is 0 Å². The zero-order valence-electron chi connectivity index (χ0n) is 13.8. The first-order chi connectivity index (χ1) is 11.9. The van der Waals surface area contributed by atoms with Crippen LogP contribution in [-0.2, 0) is 16.6 Å². The topological polar surface area (TPSA) is 76.9 Å². The summed E-state index contributed by atoms with van der Waals surface area (Å²) in [6, 6.07) is 9.24. The highest BCUT2D eigenvalue weighted by molar-refractivity contribution is 7.89. The lowest BCUT2D eigenvalue weighted by atomic mass is 10.3. The lowest BCUT2D eigenvalue weighted by Gasteiger charge is -2.08. The van der Waals surface area contributed by atoms with Crippen LogP contribution in [0.5, 0.6) is 0 Å². The predicted molar refractivity (Wildman–Crippen MR) is 91.3 cm³/mol. The molecule has 0 aliphatic rings. The number of nitrogens with zero attached hydrogens (tertiary/aromatic N) is 3. The van der Waals surface area contributed by atoms with E-state index in [2.05, 4.69) is 14.8 Å². The van der Waals surface area contributed by atoms with Gasteiger partial charge in [-0.1, -0.05) is 6.07 Å². The highest BCUT2D eigenvalue weighted by Gasteiger charge is 2.25. The summed E-state index contributed by atoms with van der Waals surface area (Å²) < 4.78 is 42.6. The van der Waals surface area contributed by atoms with E-state index in [0.29, 0.717) is 17.1 Å². The molecule has 0 amide bonds. The van der Waals surface area contributed by atoms with Crippen LogP contribution >= 0.6 is 0 Å². The van der Waals surface area contributed by atoms with Crippen LogP contribution in [0.15, 0.2) is 53.7 Å². The SMILES string of the molecule is Cc1nn(-c2ccc(F)cc2)c(C)c1S(=O)(=O)NCc1cccnc1. The number of benzene rings is 1. The van der Waals surface area contributed by atoms with Crippen LogP contribution in [0, 0.1) is 19.7 Å². The standard InChI is InChI=1S/C17H17FN4O2S/c1-12-17(25(23,24)20-11-14-4-3-9-19-10-14)13(2)22(21-12)16-7-5-15(18)6-8-16/h3-10,20H,11H2,1-2H3. The van der Waals surface area contributed by atoms with Crippen LogP contribution < -0.4 is 4.72 Å². The Bertz CT molecular complexity index is 983. The molecule has 2 aromatic heterocycles. The van der Waals surface area contributed by atoms with Crippen molar-refractivity contribution >= 4 is 10.0 Å². The van der Waals surface area contributed by atoms with Crippen LogP contribution in [0.25, 0.3) is 5.69 Å². The number of sulfonamides is 1. The molecule has 2 heterocycles. The number of hydrogen-bond donors (Lipinski definition) is 1. The van der Waals surface area contributed by atoms with Gasteiger partial charge in [-0.3, -0.25) is 4.98 Å². The van der Waals surface area contributed by atoms with Crippen LogP contribution in [0.4, 0.5) is 4.39 Å². The Labute approximate surface area is 145 Å². The van der Waals surface area contributed by atoms with E-state index in [1.165, 1.54) is 16.8 Å². The van der Waals surface area contributed by atoms with Gasteiger partial charge in [0, 0.05) is 18.9 Å². The molecule has 1 aromatic carbocycles. The van der Waals surface area contributed by atoms with Gasteiger partial charge in [0.05, 0.1) is 17.1 Å². The average Bonchev–Trinajstić information content (AvgIpc) is 2.90. The lowest BCUT2D eigenvalue weighted by Crippen LogP contribution is -2.24. The maximum atomic E-state index is 13.1. The number of nitrogens with one attached hydrogen (secondary N) is 1. The monoisotopic (exact) mass is 360 g/mol. The molecule has 1 N–H and O–H groups in total. The summed E-state index contributed by atoms with van der Waals surface area (Å²) in [4.78, 5) is 4.09. The summed E-state index contributed by atoms with van der Waals surface area (Å²) >= 11 is 0. The van der Waals surface area contributed by atoms with E-state index in [1.807, 2.05) is 0 Å². The predicted octanol–water partition coefficient (Wildman–Crippen LogP) is 2.50. The molecule has 0 bridgehead atoms. The van der Waals surface area contributed by atoms with E-state index >= 15 is 0 Å². The third-order valence-electron chi connectivity index (χ3n) is 3.75. The van der Waals surface area contributed by atoms with E-state index in [4.69, 9.17) is 0 Å². The summed E-state index contributed by atoms with van der Waals surface area (Å²) in [6.45, 7) is 3.43. The molecule has 0 aliphatic carbocycles. The molecule has 8 heteroatoms. The summed E-state index contributed by atoms with van der Waals surface area (Å²) in [5, 5.41) is 4.29. The first kappa shape index (κ1) is 17.2. The minimum Gasteiger partial charge on any atom is -0.264 e. The Morgan fingerprint density at radius 2 is 1.88 bits per heavy atom. The minimum absolute atomic E-state index is 0.126. The number of halogens is 1. The van der Waals surface area contributed by atoms with E-state index < -0.39 is 10.0 Å². The minimum atomic E-state index is -3.75. The van der Waals surface area contributed by atoms with Crippen molar-refractivity contribution in [2.45, 2.75) is 25.3 Å². The smallest absolute Gasteiger partial charge is 0.244 e. The van der Waals surface area contributed by atoms with Gasteiger partial charge in [-0.2, -0.15) is 5.10 Å². The van der Waals surface area contributed by atoms with Gasteiger partial charge in [-0.25, -0.2) is 22.2 Å². The number of aromatic nitrogens is 3. The van der Waals surface area contributed by atoms with E-state index in [-0.39, 0.29) is 17.3 Å². The van der Waals surface area contributed by atoms with Crippen molar-refractivity contribution in [3.05, 3.63) is 71.6 Å². The molecule has 130 valence electrons. The highest BCUT2D eigenvalue weighted by atomic mass is 32.2. The third kappa shape index (κ3) is 3.59. The Morgan fingerprint density at radius 1 is 1.16 bits per heavy atom. The number of rotatable bonds is 5. The van der Waals surface area contributed by atoms with Gasteiger partial charge in [-0.15, -0.1) is 0 Å². The zero-order chi connectivity index (χ0) is 18.0. The molecule has 0 radical (unpaired) electrons. The molecule has 0 atom stereocenters. The van der Waals surface area contributed by atoms with Crippen LogP contribution in [-0.4, -0.2) is 23.2 Å². The summed E-state index contributed by atoms with van der Waals surface area (Å²) in [5.41, 5.74) is 2.19. The van der Waals surface area contributed by atoms with Crippen LogP contribution in [0.1, 0.15) is 17.0 Å². The number of pyridine rings is 1. The van der Waals surface area contributed by atoms with Gasteiger partial charge >= 0.3 is 0 Å². The van der Waals surface area contributed by atoms with Gasteiger partial charge in [0.25, 0.3) is 0 Å². The van der Waals surface area contributed by atoms with Crippen molar-refractivity contribution < 1.29 is 12.8 Å². The van der Waals surface area contributed by atoms with Gasteiger partial charge in [0.1, 0.15) is 10.7 Å². The van der Waals surface area contributed by atoms with Crippen molar-refractivity contribution in [1.29, 1.82) is 0 Å². The molecule has 0 aliphatic heterocycles. The fourth-order valence-electron chi connectivity index (χ4n) is 2.60. The van der Waals surface area contributed by atoms with Crippen LogP contribution in [0.2, 0.25) is 0 Å². The fourth-order valence-corrected chi connectivity index (χ4v) is 4.01. The molecule has 0 spiro atoms. The molecule has 6 nitrogen and oxygen atoms in total. The van der Waals surface area contributed by atoms with Gasteiger partial charge in [-0.05, 0) is 49.7 Å². The summed E-state index contributed by atoms with van der Waals surface area (Å²) in [6.07, 6.45) is 3.23. The quantitative estimate of drug-likeness (QED) is 0.758. The van der Waals surface area contributed by atoms with Crippen LogP contribution in [0.3, 0.4) is 0 Å². The maximum absolute atomic E-state index is 13.1. The molecule has 0 unspecified atom stereocenters. The van der Waals surface area contributed by atoms with E-state index in [1.54, 1.807) is 50.5 Å². The Morgan fingerprint density at radius 3 is 2.52 bits per heavy atom. The van der Waals surface area contributed by atoms with Gasteiger partial charge in [0.2, 0.25) is 10.0 Å². The molecular weight excluding hydrogens is 343 g/mol. The fraction of sp³-hybridized carbons (Fsp3) is 0.176. The molecule has 25 heavy (non-hydrogen) atoms. The van der Waals surface area contributed by atoms with Crippen molar-refractivity contribution in [3.63, 3.8) is 0 Å². The van der Waals surface area contributed by atoms with Crippen molar-refractivity contribution in [3.8, 4) is 5.69 Å². The van der Waals surface area contributed by atoms with E-state index in [0.717, 1.165) is 5.56 Å². The summed E-state index contributed by atoms with van der Waals surface area (Å²) in [5.74, 6) is -0.365. The molecule has 3 aromatic rings. The third-order valence-corrected chi connectivity index (χ3v) is 5.41. The van der Waals surface area contributed by atoms with Gasteiger partial charge < -0.3 is 0 Å². The Balaban J connectivity index is 1.92. The Kier molecular flexibility index (Phi) is 4.65. The summed E-state index contributed by atoms with van der Waals surface area (Å²) in [7, 11) is -3.75. The molecular formula is C17H17FN4O2S. The molecule has 3 rings (SSSR count). The number of hydrogen-bond acceptors (Lipinski definition) is 4. The lowest BCUT2D eigenvalue weighted by molar-refractivity contribution is 0.580. The maximum Gasteiger partial charge on any atom is 0.244 e. The number of aryl methyl sites for hydroxylation is 1.